The highest BCUT2D eigenvalue weighted by molar-refractivity contribution is 6.10. The lowest BCUT2D eigenvalue weighted by Gasteiger charge is -2.14. The van der Waals surface area contributed by atoms with E-state index in [0.29, 0.717) is 6.07 Å². The minimum absolute atomic E-state index is 0.00572. The van der Waals surface area contributed by atoms with E-state index in [4.69, 9.17) is 5.73 Å². The number of amides is 1. The number of hydrogen-bond acceptors (Lipinski definition) is 4. The van der Waals surface area contributed by atoms with Gasteiger partial charge in [0.25, 0.3) is 5.91 Å². The summed E-state index contributed by atoms with van der Waals surface area (Å²) in [4.78, 5) is 20.5. The predicted molar refractivity (Wildman–Crippen MR) is 110 cm³/mol. The van der Waals surface area contributed by atoms with E-state index in [2.05, 4.69) is 20.6 Å². The number of pyridine rings is 1. The summed E-state index contributed by atoms with van der Waals surface area (Å²) >= 11 is 0. The van der Waals surface area contributed by atoms with Gasteiger partial charge < -0.3 is 11.1 Å². The Labute approximate surface area is 183 Å². The summed E-state index contributed by atoms with van der Waals surface area (Å²) in [6.45, 7) is 0. The molecule has 3 aromatic rings. The molecule has 0 spiro atoms. The fourth-order valence-corrected chi connectivity index (χ4v) is 2.63. The first-order valence-corrected chi connectivity index (χ1v) is 9.16. The second kappa shape index (κ2) is 9.18. The van der Waals surface area contributed by atoms with Gasteiger partial charge in [0.2, 0.25) is 5.96 Å². The molecule has 3 rings (SSSR count). The van der Waals surface area contributed by atoms with Crippen molar-refractivity contribution in [2.24, 2.45) is 4.99 Å². The van der Waals surface area contributed by atoms with Gasteiger partial charge in [0.1, 0.15) is 5.82 Å². The topological polar surface area (TPSA) is 92.4 Å². The van der Waals surface area contributed by atoms with Crippen LogP contribution in [0.25, 0.3) is 0 Å². The zero-order valence-electron chi connectivity index (χ0n) is 16.5. The van der Waals surface area contributed by atoms with Crippen molar-refractivity contribution in [2.45, 2.75) is 12.4 Å². The fraction of sp³-hybridized carbons (Fsp3) is 0.0952. The number of halogens is 6. The quantitative estimate of drug-likeness (QED) is 0.279. The highest BCUT2D eigenvalue weighted by atomic mass is 19.4. The highest BCUT2D eigenvalue weighted by Gasteiger charge is 2.31. The summed E-state index contributed by atoms with van der Waals surface area (Å²) in [7, 11) is 0. The van der Waals surface area contributed by atoms with Crippen molar-refractivity contribution in [3.63, 3.8) is 0 Å². The molecule has 4 N–H and O–H groups in total. The van der Waals surface area contributed by atoms with Crippen LogP contribution >= 0.6 is 0 Å². The third-order valence-electron chi connectivity index (χ3n) is 4.12. The van der Waals surface area contributed by atoms with E-state index in [1.807, 2.05) is 0 Å². The van der Waals surface area contributed by atoms with Gasteiger partial charge in [-0.05, 0) is 48.5 Å². The SMILES string of the molecule is Nc1cccc(/N=C(/NC(=O)c2cccc(C(F)(F)F)c2)Nc2cccc(C(F)(F)F)c2)n1. The molecular formula is C21H15F6N5O. The van der Waals surface area contributed by atoms with Gasteiger partial charge in [0.15, 0.2) is 5.82 Å². The average molecular weight is 467 g/mol. The van der Waals surface area contributed by atoms with Gasteiger partial charge in [-0.3, -0.25) is 10.1 Å². The first-order chi connectivity index (χ1) is 15.4. The number of aromatic nitrogens is 1. The van der Waals surface area contributed by atoms with E-state index in [-0.39, 0.29) is 28.8 Å². The maximum absolute atomic E-state index is 13.0. The van der Waals surface area contributed by atoms with Crippen LogP contribution in [0.3, 0.4) is 0 Å². The second-order valence-electron chi connectivity index (χ2n) is 6.62. The molecule has 33 heavy (non-hydrogen) atoms. The lowest BCUT2D eigenvalue weighted by molar-refractivity contribution is -0.138. The van der Waals surface area contributed by atoms with E-state index < -0.39 is 29.4 Å². The minimum atomic E-state index is -4.67. The van der Waals surface area contributed by atoms with Gasteiger partial charge in [0.05, 0.1) is 11.1 Å². The zero-order chi connectivity index (χ0) is 24.2. The van der Waals surface area contributed by atoms with Crippen LogP contribution in [0, 0.1) is 0 Å². The van der Waals surface area contributed by atoms with Gasteiger partial charge in [-0.2, -0.15) is 31.3 Å². The molecule has 6 nitrogen and oxygen atoms in total. The Balaban J connectivity index is 1.94. The van der Waals surface area contributed by atoms with Crippen molar-refractivity contribution in [2.75, 3.05) is 11.1 Å². The Morgan fingerprint density at radius 2 is 1.45 bits per heavy atom. The summed E-state index contributed by atoms with van der Waals surface area (Å²) in [6, 6.07) is 12.0. The molecule has 0 aliphatic carbocycles. The van der Waals surface area contributed by atoms with E-state index in [9.17, 15) is 31.1 Å². The van der Waals surface area contributed by atoms with Crippen LogP contribution < -0.4 is 16.4 Å². The maximum Gasteiger partial charge on any atom is 0.416 e. The summed E-state index contributed by atoms with van der Waals surface area (Å²) in [5, 5.41) is 4.78. The molecule has 172 valence electrons. The number of hydrogen-bond donors (Lipinski definition) is 3. The molecule has 2 aromatic carbocycles. The van der Waals surface area contributed by atoms with Crippen LogP contribution in [-0.4, -0.2) is 16.9 Å². The van der Waals surface area contributed by atoms with E-state index >= 15 is 0 Å². The van der Waals surface area contributed by atoms with E-state index in [0.717, 1.165) is 36.4 Å². The fourth-order valence-electron chi connectivity index (χ4n) is 2.63. The van der Waals surface area contributed by atoms with Crippen molar-refractivity contribution in [1.29, 1.82) is 0 Å². The molecule has 0 bridgehead atoms. The summed E-state index contributed by atoms with van der Waals surface area (Å²) in [5.74, 6) is -1.29. The number of benzene rings is 2. The van der Waals surface area contributed by atoms with Crippen molar-refractivity contribution in [3.05, 3.63) is 83.4 Å². The lowest BCUT2D eigenvalue weighted by atomic mass is 10.1. The number of nitrogens with two attached hydrogens (primary N) is 1. The third kappa shape index (κ3) is 6.45. The number of carbonyl (C=O) groups excluding carboxylic acids is 1. The minimum Gasteiger partial charge on any atom is -0.384 e. The summed E-state index contributed by atoms with van der Waals surface area (Å²) in [6.07, 6.45) is -9.29. The second-order valence-corrected chi connectivity index (χ2v) is 6.62. The largest absolute Gasteiger partial charge is 0.416 e. The first kappa shape index (κ1) is 23.6. The van der Waals surface area contributed by atoms with Crippen LogP contribution in [0.15, 0.2) is 71.7 Å². The highest BCUT2D eigenvalue weighted by Crippen LogP contribution is 2.31. The number of guanidine groups is 1. The van der Waals surface area contributed by atoms with Gasteiger partial charge in [0, 0.05) is 11.3 Å². The molecule has 1 heterocycles. The monoisotopic (exact) mass is 467 g/mol. The number of aliphatic imine (C=N–C) groups is 1. The molecule has 12 heteroatoms. The van der Waals surface area contributed by atoms with Crippen LogP contribution in [0.2, 0.25) is 0 Å². The van der Waals surface area contributed by atoms with E-state index in [1.165, 1.54) is 24.3 Å². The van der Waals surface area contributed by atoms with Crippen LogP contribution in [0.4, 0.5) is 43.7 Å². The van der Waals surface area contributed by atoms with Crippen molar-refractivity contribution in [3.8, 4) is 0 Å². The molecule has 0 aliphatic rings. The Bertz CT molecular complexity index is 1190. The predicted octanol–water partition coefficient (Wildman–Crippen LogP) is 5.23. The number of nitrogens with one attached hydrogen (secondary N) is 2. The summed E-state index contributed by atoms with van der Waals surface area (Å²) in [5.41, 5.74) is 3.15. The van der Waals surface area contributed by atoms with Gasteiger partial charge in [-0.25, -0.2) is 4.98 Å². The Morgan fingerprint density at radius 3 is 2.09 bits per heavy atom. The number of anilines is 2. The lowest BCUT2D eigenvalue weighted by Crippen LogP contribution is -2.36. The Morgan fingerprint density at radius 1 is 0.848 bits per heavy atom. The molecule has 1 aromatic heterocycles. The normalized spacial score (nSPS) is 12.4. The van der Waals surface area contributed by atoms with E-state index in [1.54, 1.807) is 0 Å². The molecule has 0 radical (unpaired) electrons. The van der Waals surface area contributed by atoms with Crippen LogP contribution in [0.5, 0.6) is 0 Å². The van der Waals surface area contributed by atoms with Crippen LogP contribution in [-0.2, 0) is 12.4 Å². The number of rotatable bonds is 3. The summed E-state index contributed by atoms with van der Waals surface area (Å²) < 4.78 is 77.9. The van der Waals surface area contributed by atoms with Crippen LogP contribution in [0.1, 0.15) is 21.5 Å². The number of nitrogen functional groups attached to an aromatic ring is 1. The molecule has 0 fully saturated rings. The third-order valence-corrected chi connectivity index (χ3v) is 4.12. The number of nitrogens with zero attached hydrogens (tertiary/aromatic N) is 2. The molecule has 0 unspecified atom stereocenters. The molecule has 0 saturated carbocycles. The molecule has 0 atom stereocenters. The Kier molecular flexibility index (Phi) is 6.56. The van der Waals surface area contributed by atoms with Gasteiger partial charge in [-0.15, -0.1) is 0 Å². The first-order valence-electron chi connectivity index (χ1n) is 9.16. The van der Waals surface area contributed by atoms with Crippen molar-refractivity contribution >= 4 is 29.2 Å². The molecule has 0 saturated heterocycles. The number of carbonyl (C=O) groups is 1. The molecule has 0 aliphatic heterocycles. The average Bonchev–Trinajstić information content (AvgIpc) is 2.73. The number of alkyl halides is 6. The Hall–Kier alpha value is -4.09. The molecular weight excluding hydrogens is 452 g/mol. The smallest absolute Gasteiger partial charge is 0.384 e. The zero-order valence-corrected chi connectivity index (χ0v) is 16.5. The van der Waals surface area contributed by atoms with Crippen molar-refractivity contribution < 1.29 is 31.1 Å². The standard InChI is InChI=1S/C21H15F6N5O/c22-20(23,24)13-5-1-4-12(10-13)18(33)32-19(31-17-9-3-8-16(28)30-17)29-15-7-2-6-14(11-15)21(25,26)27/h1-11H,(H4,28,29,30,31,32,33). The maximum atomic E-state index is 13.0. The van der Waals surface area contributed by atoms with Gasteiger partial charge >= 0.3 is 12.4 Å². The van der Waals surface area contributed by atoms with Crippen molar-refractivity contribution in [1.82, 2.24) is 10.3 Å². The van der Waals surface area contributed by atoms with Gasteiger partial charge in [-0.1, -0.05) is 18.2 Å². The molecule has 1 amide bonds.